The molecule has 0 radical (unpaired) electrons. The summed E-state index contributed by atoms with van der Waals surface area (Å²) in [6.07, 6.45) is -0.486. The molecule has 4 rings (SSSR count). The van der Waals surface area contributed by atoms with E-state index in [0.717, 1.165) is 15.5 Å². The summed E-state index contributed by atoms with van der Waals surface area (Å²) in [7, 11) is 0. The molecule has 0 amide bonds. The lowest BCUT2D eigenvalue weighted by Gasteiger charge is -2.19. The van der Waals surface area contributed by atoms with Crippen LogP contribution in [0.1, 0.15) is 30.0 Å². The molecule has 25 heavy (non-hydrogen) atoms. The average molecular weight is 430 g/mol. The highest BCUT2D eigenvalue weighted by Gasteiger charge is 2.35. The van der Waals surface area contributed by atoms with E-state index in [2.05, 4.69) is 25.7 Å². The standard InChI is InChI=1S/C17H12BrClF2N2O2/c18-8-1-3-11-13(5-8)23-12(7-14(24)16(23)22-11)10-6-9(19)2-4-15(10)25-17(20)21/h1-6,12,14,17,24H,7H2/t12-,14-/m1/s1. The van der Waals surface area contributed by atoms with Crippen LogP contribution in [0, 0.1) is 0 Å². The zero-order chi connectivity index (χ0) is 17.7. The van der Waals surface area contributed by atoms with Gasteiger partial charge in [0.2, 0.25) is 0 Å². The molecule has 2 aromatic carbocycles. The fourth-order valence-electron chi connectivity index (χ4n) is 3.32. The van der Waals surface area contributed by atoms with Gasteiger partial charge in [-0.15, -0.1) is 0 Å². The van der Waals surface area contributed by atoms with E-state index in [4.69, 9.17) is 11.6 Å². The predicted molar refractivity (Wildman–Crippen MR) is 93.2 cm³/mol. The number of nitrogens with zero attached hydrogens (tertiary/aromatic N) is 2. The number of alkyl halides is 2. The van der Waals surface area contributed by atoms with Gasteiger partial charge in [0, 0.05) is 21.5 Å². The van der Waals surface area contributed by atoms with Gasteiger partial charge in [-0.2, -0.15) is 8.78 Å². The van der Waals surface area contributed by atoms with Crippen molar-refractivity contribution in [2.45, 2.75) is 25.2 Å². The number of aliphatic hydroxyl groups is 1. The van der Waals surface area contributed by atoms with Crippen LogP contribution in [-0.4, -0.2) is 21.3 Å². The number of fused-ring (bicyclic) bond motifs is 3. The molecule has 130 valence electrons. The van der Waals surface area contributed by atoms with Gasteiger partial charge in [-0.05, 0) is 36.4 Å². The SMILES string of the molecule is O[C@@H]1C[C@H](c2cc(Cl)ccc2OC(F)F)n2c1nc1ccc(Br)cc12. The third kappa shape index (κ3) is 2.90. The number of hydrogen-bond acceptors (Lipinski definition) is 3. The van der Waals surface area contributed by atoms with Gasteiger partial charge in [0.25, 0.3) is 0 Å². The normalized spacial score (nSPS) is 19.6. The van der Waals surface area contributed by atoms with Gasteiger partial charge in [-0.25, -0.2) is 4.98 Å². The summed E-state index contributed by atoms with van der Waals surface area (Å²) in [6, 6.07) is 9.68. The van der Waals surface area contributed by atoms with E-state index < -0.39 is 18.8 Å². The quantitative estimate of drug-likeness (QED) is 0.631. The van der Waals surface area contributed by atoms with Gasteiger partial charge >= 0.3 is 6.61 Å². The van der Waals surface area contributed by atoms with Crippen LogP contribution in [0.15, 0.2) is 40.9 Å². The fourth-order valence-corrected chi connectivity index (χ4v) is 3.85. The maximum Gasteiger partial charge on any atom is 0.387 e. The van der Waals surface area contributed by atoms with Crippen LogP contribution in [0.5, 0.6) is 5.75 Å². The van der Waals surface area contributed by atoms with E-state index in [0.29, 0.717) is 22.8 Å². The summed E-state index contributed by atoms with van der Waals surface area (Å²) in [5, 5.41) is 10.8. The summed E-state index contributed by atoms with van der Waals surface area (Å²) >= 11 is 9.50. The maximum absolute atomic E-state index is 12.8. The molecule has 8 heteroatoms. The molecular weight excluding hydrogens is 418 g/mol. The number of halogens is 4. The molecule has 0 fully saturated rings. The van der Waals surface area contributed by atoms with E-state index in [-0.39, 0.29) is 5.75 Å². The second-order valence-corrected chi connectivity index (χ2v) is 7.15. The van der Waals surface area contributed by atoms with Gasteiger partial charge in [0.1, 0.15) is 17.7 Å². The average Bonchev–Trinajstić information content (AvgIpc) is 3.07. The Balaban J connectivity index is 1.91. The lowest BCUT2D eigenvalue weighted by atomic mass is 10.0. The van der Waals surface area contributed by atoms with Crippen molar-refractivity contribution in [2.75, 3.05) is 0 Å². The molecule has 0 spiro atoms. The number of aliphatic hydroxyl groups excluding tert-OH is 1. The minimum Gasteiger partial charge on any atom is -0.434 e. The Morgan fingerprint density at radius 2 is 2.08 bits per heavy atom. The third-order valence-corrected chi connectivity index (χ3v) is 5.01. The second-order valence-electron chi connectivity index (χ2n) is 5.80. The number of rotatable bonds is 3. The summed E-state index contributed by atoms with van der Waals surface area (Å²) in [5.41, 5.74) is 2.01. The van der Waals surface area contributed by atoms with Crippen LogP contribution in [-0.2, 0) is 0 Å². The van der Waals surface area contributed by atoms with Gasteiger partial charge in [0.15, 0.2) is 0 Å². The van der Waals surface area contributed by atoms with Crippen molar-refractivity contribution in [1.29, 1.82) is 0 Å². The number of benzene rings is 2. The Bertz CT molecular complexity index is 963. The van der Waals surface area contributed by atoms with Gasteiger partial charge < -0.3 is 14.4 Å². The van der Waals surface area contributed by atoms with Crippen LogP contribution in [0.3, 0.4) is 0 Å². The molecule has 0 bridgehead atoms. The predicted octanol–water partition coefficient (Wildman–Crippen LogP) is 5.08. The summed E-state index contributed by atoms with van der Waals surface area (Å²) in [6.45, 7) is -2.95. The van der Waals surface area contributed by atoms with Crippen LogP contribution in [0.2, 0.25) is 5.02 Å². The molecule has 1 aliphatic rings. The molecule has 3 aromatic rings. The van der Waals surface area contributed by atoms with Gasteiger partial charge in [-0.1, -0.05) is 27.5 Å². The van der Waals surface area contributed by atoms with E-state index in [1.807, 2.05) is 22.8 Å². The molecular formula is C17H12BrClF2N2O2. The first-order chi connectivity index (χ1) is 11.9. The molecule has 0 saturated heterocycles. The Morgan fingerprint density at radius 1 is 1.28 bits per heavy atom. The van der Waals surface area contributed by atoms with Crippen LogP contribution in [0.25, 0.3) is 11.0 Å². The monoisotopic (exact) mass is 428 g/mol. The Hall–Kier alpha value is -1.70. The molecule has 1 aromatic heterocycles. The highest BCUT2D eigenvalue weighted by molar-refractivity contribution is 9.10. The van der Waals surface area contributed by atoms with Crippen molar-refractivity contribution >= 4 is 38.6 Å². The highest BCUT2D eigenvalue weighted by Crippen LogP contribution is 2.44. The first kappa shape index (κ1) is 16.8. The lowest BCUT2D eigenvalue weighted by molar-refractivity contribution is -0.0507. The molecule has 2 atom stereocenters. The van der Waals surface area contributed by atoms with Crippen molar-refractivity contribution < 1.29 is 18.6 Å². The Morgan fingerprint density at radius 3 is 2.84 bits per heavy atom. The molecule has 4 nitrogen and oxygen atoms in total. The summed E-state index contributed by atoms with van der Waals surface area (Å²) < 4.78 is 32.9. The lowest BCUT2D eigenvalue weighted by Crippen LogP contribution is -2.10. The first-order valence-electron chi connectivity index (χ1n) is 7.53. The Kier molecular flexibility index (Phi) is 4.17. The molecule has 1 N–H and O–H groups in total. The zero-order valence-electron chi connectivity index (χ0n) is 12.7. The molecule has 0 unspecified atom stereocenters. The second kappa shape index (κ2) is 6.23. The van der Waals surface area contributed by atoms with Crippen LogP contribution < -0.4 is 4.74 Å². The van der Waals surface area contributed by atoms with Crippen molar-refractivity contribution in [3.63, 3.8) is 0 Å². The summed E-state index contributed by atoms with van der Waals surface area (Å²) in [4.78, 5) is 4.47. The maximum atomic E-state index is 12.8. The number of ether oxygens (including phenoxy) is 1. The van der Waals surface area contributed by atoms with Gasteiger partial charge in [0.05, 0.1) is 17.1 Å². The minimum atomic E-state index is -2.95. The van der Waals surface area contributed by atoms with Crippen LogP contribution >= 0.6 is 27.5 Å². The van der Waals surface area contributed by atoms with E-state index in [1.54, 1.807) is 6.07 Å². The number of hydrogen-bond donors (Lipinski definition) is 1. The third-order valence-electron chi connectivity index (χ3n) is 4.28. The van der Waals surface area contributed by atoms with E-state index in [9.17, 15) is 13.9 Å². The van der Waals surface area contributed by atoms with E-state index in [1.165, 1.54) is 12.1 Å². The number of imidazole rings is 1. The fraction of sp³-hybridized carbons (Fsp3) is 0.235. The molecule has 0 saturated carbocycles. The van der Waals surface area contributed by atoms with Crippen molar-refractivity contribution in [3.05, 3.63) is 57.3 Å². The largest absolute Gasteiger partial charge is 0.434 e. The van der Waals surface area contributed by atoms with Crippen molar-refractivity contribution in [2.24, 2.45) is 0 Å². The van der Waals surface area contributed by atoms with Crippen molar-refractivity contribution in [3.8, 4) is 5.75 Å². The van der Waals surface area contributed by atoms with Gasteiger partial charge in [-0.3, -0.25) is 0 Å². The van der Waals surface area contributed by atoms with E-state index >= 15 is 0 Å². The zero-order valence-corrected chi connectivity index (χ0v) is 15.0. The minimum absolute atomic E-state index is 0.0429. The highest BCUT2D eigenvalue weighted by atomic mass is 79.9. The molecule has 1 aliphatic heterocycles. The molecule has 2 heterocycles. The smallest absolute Gasteiger partial charge is 0.387 e. The number of aromatic nitrogens is 2. The van der Waals surface area contributed by atoms with Crippen LogP contribution in [0.4, 0.5) is 8.78 Å². The first-order valence-corrected chi connectivity index (χ1v) is 8.71. The Labute approximate surface area is 155 Å². The summed E-state index contributed by atoms with van der Waals surface area (Å²) in [5.74, 6) is 0.544. The topological polar surface area (TPSA) is 47.3 Å². The molecule has 0 aliphatic carbocycles. The van der Waals surface area contributed by atoms with Crippen molar-refractivity contribution in [1.82, 2.24) is 9.55 Å².